The van der Waals surface area contributed by atoms with Crippen LogP contribution in [0, 0.1) is 4.64 Å². The number of H-pyrrole nitrogens is 1. The van der Waals surface area contributed by atoms with E-state index in [2.05, 4.69) is 34.9 Å². The molecule has 0 unspecified atom stereocenters. The molecule has 0 saturated carbocycles. The number of nitrogens with one attached hydrogen (secondary N) is 1. The molecule has 0 amide bonds. The molecule has 2 heterocycles. The number of aromatic amines is 1. The molecule has 4 heteroatoms. The van der Waals surface area contributed by atoms with E-state index in [1.807, 2.05) is 18.3 Å². The van der Waals surface area contributed by atoms with E-state index < -0.39 is 0 Å². The molecular weight excluding hydrogens is 230 g/mol. The van der Waals surface area contributed by atoms with E-state index in [0.717, 1.165) is 17.9 Å². The number of aromatic nitrogens is 3. The summed E-state index contributed by atoms with van der Waals surface area (Å²) in [6, 6.07) is 5.90. The van der Waals surface area contributed by atoms with E-state index in [9.17, 15) is 0 Å². The Morgan fingerprint density at radius 1 is 1.41 bits per heavy atom. The minimum Gasteiger partial charge on any atom is -0.347 e. The predicted octanol–water partition coefficient (Wildman–Crippen LogP) is 3.25. The number of hydrogen-bond donors (Lipinski definition) is 1. The Kier molecular flexibility index (Phi) is 3.64. The fourth-order valence-corrected chi connectivity index (χ4v) is 1.86. The van der Waals surface area contributed by atoms with Gasteiger partial charge in [-0.1, -0.05) is 32.1 Å². The van der Waals surface area contributed by atoms with Crippen molar-refractivity contribution in [2.75, 3.05) is 0 Å². The molecule has 0 radical (unpaired) electrons. The lowest BCUT2D eigenvalue weighted by Crippen LogP contribution is -2.02. The van der Waals surface area contributed by atoms with Crippen molar-refractivity contribution in [3.63, 3.8) is 0 Å². The van der Waals surface area contributed by atoms with Crippen molar-refractivity contribution in [2.45, 2.75) is 26.2 Å². The Labute approximate surface area is 106 Å². The normalized spacial score (nSPS) is 10.8. The third-order valence-electron chi connectivity index (χ3n) is 2.48. The zero-order chi connectivity index (χ0) is 12.3. The van der Waals surface area contributed by atoms with Gasteiger partial charge in [-0.25, -0.2) is 4.98 Å². The molecule has 88 valence electrons. The molecular formula is C13H15N3S. The van der Waals surface area contributed by atoms with Crippen LogP contribution in [0.15, 0.2) is 30.6 Å². The molecule has 0 aliphatic heterocycles. The monoisotopic (exact) mass is 245 g/mol. The Morgan fingerprint density at radius 3 is 2.88 bits per heavy atom. The van der Waals surface area contributed by atoms with Crippen LogP contribution in [0.2, 0.25) is 0 Å². The van der Waals surface area contributed by atoms with Crippen LogP contribution in [0.4, 0.5) is 0 Å². The van der Waals surface area contributed by atoms with Gasteiger partial charge in [0.2, 0.25) is 0 Å². The Morgan fingerprint density at radius 2 is 2.24 bits per heavy atom. The summed E-state index contributed by atoms with van der Waals surface area (Å²) in [6.07, 6.45) is 4.45. The van der Waals surface area contributed by atoms with Crippen molar-refractivity contribution < 1.29 is 0 Å². The number of nitrogens with zero attached hydrogens (tertiary/aromatic N) is 2. The third kappa shape index (κ3) is 3.20. The maximum Gasteiger partial charge on any atom is 0.130 e. The molecule has 2 aromatic heterocycles. The Hall–Kier alpha value is -1.55. The molecule has 0 fully saturated rings. The van der Waals surface area contributed by atoms with Gasteiger partial charge in [0.25, 0.3) is 0 Å². The SMILES string of the molecule is CC(C)c1nc(=S)cc(Cc2cccnc2)[nH]1. The second-order valence-electron chi connectivity index (χ2n) is 4.32. The molecule has 0 aliphatic carbocycles. The lowest BCUT2D eigenvalue weighted by Gasteiger charge is -2.08. The van der Waals surface area contributed by atoms with Gasteiger partial charge in [-0.05, 0) is 17.7 Å². The van der Waals surface area contributed by atoms with Crippen LogP contribution in [-0.4, -0.2) is 15.0 Å². The Bertz CT molecular complexity index is 546. The molecule has 0 aliphatic rings. The highest BCUT2D eigenvalue weighted by molar-refractivity contribution is 7.71. The highest BCUT2D eigenvalue weighted by Crippen LogP contribution is 2.11. The van der Waals surface area contributed by atoms with Gasteiger partial charge in [-0.15, -0.1) is 0 Å². The van der Waals surface area contributed by atoms with Crippen LogP contribution < -0.4 is 0 Å². The summed E-state index contributed by atoms with van der Waals surface area (Å²) in [6.45, 7) is 4.20. The lowest BCUT2D eigenvalue weighted by atomic mass is 10.1. The molecule has 17 heavy (non-hydrogen) atoms. The van der Waals surface area contributed by atoms with Gasteiger partial charge >= 0.3 is 0 Å². The summed E-state index contributed by atoms with van der Waals surface area (Å²) in [5, 5.41) is 0. The van der Waals surface area contributed by atoms with Crippen molar-refractivity contribution in [3.05, 3.63) is 52.3 Å². The summed E-state index contributed by atoms with van der Waals surface area (Å²) in [5.74, 6) is 1.29. The zero-order valence-corrected chi connectivity index (χ0v) is 10.8. The highest BCUT2D eigenvalue weighted by Gasteiger charge is 2.04. The predicted molar refractivity (Wildman–Crippen MR) is 70.6 cm³/mol. The molecule has 0 aromatic carbocycles. The van der Waals surface area contributed by atoms with Crippen molar-refractivity contribution >= 4 is 12.2 Å². The van der Waals surface area contributed by atoms with Gasteiger partial charge in [0.05, 0.1) is 0 Å². The van der Waals surface area contributed by atoms with Gasteiger partial charge in [0.1, 0.15) is 10.5 Å². The van der Waals surface area contributed by atoms with E-state index in [4.69, 9.17) is 12.2 Å². The smallest absolute Gasteiger partial charge is 0.130 e. The van der Waals surface area contributed by atoms with Crippen molar-refractivity contribution in [3.8, 4) is 0 Å². The first-order valence-electron chi connectivity index (χ1n) is 5.64. The van der Waals surface area contributed by atoms with E-state index in [0.29, 0.717) is 10.6 Å². The molecule has 0 spiro atoms. The van der Waals surface area contributed by atoms with E-state index >= 15 is 0 Å². The average Bonchev–Trinajstić information content (AvgIpc) is 2.29. The number of hydrogen-bond acceptors (Lipinski definition) is 3. The van der Waals surface area contributed by atoms with Gasteiger partial charge < -0.3 is 4.98 Å². The molecule has 2 aromatic rings. The van der Waals surface area contributed by atoms with Crippen LogP contribution in [0.5, 0.6) is 0 Å². The largest absolute Gasteiger partial charge is 0.347 e. The van der Waals surface area contributed by atoms with E-state index in [1.54, 1.807) is 6.20 Å². The average molecular weight is 245 g/mol. The minimum absolute atomic E-state index is 0.352. The molecule has 0 atom stereocenters. The minimum atomic E-state index is 0.352. The standard InChI is InChI=1S/C13H15N3S/c1-9(2)13-15-11(7-12(17)16-13)6-10-4-3-5-14-8-10/h3-5,7-9H,6H2,1-2H3,(H,15,16,17). The maximum atomic E-state index is 5.18. The first-order chi connectivity index (χ1) is 8.15. The summed E-state index contributed by atoms with van der Waals surface area (Å²) in [4.78, 5) is 11.8. The second-order valence-corrected chi connectivity index (χ2v) is 4.74. The zero-order valence-electron chi connectivity index (χ0n) is 9.97. The topological polar surface area (TPSA) is 41.6 Å². The molecule has 3 nitrogen and oxygen atoms in total. The molecule has 1 N–H and O–H groups in total. The van der Waals surface area contributed by atoms with E-state index in [-0.39, 0.29) is 0 Å². The first kappa shape index (κ1) is 11.9. The summed E-state index contributed by atoms with van der Waals surface area (Å²) < 4.78 is 0.645. The quantitative estimate of drug-likeness (QED) is 0.844. The van der Waals surface area contributed by atoms with E-state index in [1.165, 1.54) is 5.56 Å². The highest BCUT2D eigenvalue weighted by atomic mass is 32.1. The molecule has 0 bridgehead atoms. The fourth-order valence-electron chi connectivity index (χ4n) is 1.62. The first-order valence-corrected chi connectivity index (χ1v) is 6.05. The maximum absolute atomic E-state index is 5.18. The van der Waals surface area contributed by atoms with Crippen molar-refractivity contribution in [1.82, 2.24) is 15.0 Å². The fraction of sp³-hybridized carbons (Fsp3) is 0.308. The lowest BCUT2D eigenvalue weighted by molar-refractivity contribution is 0.758. The van der Waals surface area contributed by atoms with Crippen molar-refractivity contribution in [1.29, 1.82) is 0 Å². The molecule has 2 rings (SSSR count). The summed E-state index contributed by atoms with van der Waals surface area (Å²) >= 11 is 5.18. The van der Waals surface area contributed by atoms with Crippen LogP contribution in [-0.2, 0) is 6.42 Å². The summed E-state index contributed by atoms with van der Waals surface area (Å²) in [5.41, 5.74) is 2.25. The second kappa shape index (κ2) is 5.19. The number of rotatable bonds is 3. The number of pyridine rings is 1. The van der Waals surface area contributed by atoms with Gasteiger partial charge in [0.15, 0.2) is 0 Å². The Balaban J connectivity index is 2.30. The van der Waals surface area contributed by atoms with Crippen molar-refractivity contribution in [2.24, 2.45) is 0 Å². The summed E-state index contributed by atoms with van der Waals surface area (Å²) in [7, 11) is 0. The van der Waals surface area contributed by atoms with Crippen LogP contribution in [0.25, 0.3) is 0 Å². The van der Waals surface area contributed by atoms with Gasteiger partial charge in [0, 0.05) is 30.4 Å². The molecule has 0 saturated heterocycles. The third-order valence-corrected chi connectivity index (χ3v) is 2.69. The van der Waals surface area contributed by atoms with Gasteiger partial charge in [-0.3, -0.25) is 4.98 Å². The van der Waals surface area contributed by atoms with Crippen LogP contribution in [0.3, 0.4) is 0 Å². The van der Waals surface area contributed by atoms with Crippen LogP contribution >= 0.6 is 12.2 Å². The van der Waals surface area contributed by atoms with Gasteiger partial charge in [-0.2, -0.15) is 0 Å². The van der Waals surface area contributed by atoms with Crippen LogP contribution in [0.1, 0.15) is 36.8 Å².